The first-order valence-corrected chi connectivity index (χ1v) is 8.18. The Morgan fingerprint density at radius 2 is 2.00 bits per heavy atom. The second-order valence-corrected chi connectivity index (χ2v) is 5.58. The number of methoxy groups -OCH3 is 2. The monoisotopic (exact) mass is 342 g/mol. The van der Waals surface area contributed by atoms with Gasteiger partial charge in [-0.3, -0.25) is 4.90 Å². The van der Waals surface area contributed by atoms with Crippen molar-refractivity contribution in [2.24, 2.45) is 0 Å². The van der Waals surface area contributed by atoms with Crippen LogP contribution < -0.4 is 24.6 Å². The zero-order chi connectivity index (χ0) is 17.8. The largest absolute Gasteiger partial charge is 0.493 e. The van der Waals surface area contributed by atoms with Gasteiger partial charge in [-0.1, -0.05) is 0 Å². The number of fused-ring (bicyclic) bond motifs is 1. The van der Waals surface area contributed by atoms with Crippen molar-refractivity contribution in [2.75, 3.05) is 49.0 Å². The van der Waals surface area contributed by atoms with Gasteiger partial charge in [-0.2, -0.15) is 0 Å². The van der Waals surface area contributed by atoms with Crippen LogP contribution in [-0.4, -0.2) is 44.9 Å². The van der Waals surface area contributed by atoms with E-state index in [1.54, 1.807) is 43.5 Å². The van der Waals surface area contributed by atoms with Crippen molar-refractivity contribution in [3.8, 4) is 11.5 Å². The summed E-state index contributed by atoms with van der Waals surface area (Å²) in [6.45, 7) is 4.29. The van der Waals surface area contributed by atoms with Crippen molar-refractivity contribution < 1.29 is 14.3 Å². The second kappa shape index (κ2) is 7.29. The SMILES string of the molecule is CCN1CCN(C(=O)Nc2ccc(OC)c(OC)c2)c2cccnc21. The first kappa shape index (κ1) is 16.9. The quantitative estimate of drug-likeness (QED) is 0.925. The zero-order valence-corrected chi connectivity index (χ0v) is 14.7. The molecule has 0 spiro atoms. The van der Waals surface area contributed by atoms with Gasteiger partial charge in [0.2, 0.25) is 0 Å². The normalized spacial score (nSPS) is 13.2. The highest BCUT2D eigenvalue weighted by Gasteiger charge is 2.27. The van der Waals surface area contributed by atoms with Crippen LogP contribution in [0.5, 0.6) is 11.5 Å². The van der Waals surface area contributed by atoms with Crippen LogP contribution in [-0.2, 0) is 0 Å². The molecule has 1 aliphatic rings. The zero-order valence-electron chi connectivity index (χ0n) is 14.7. The standard InChI is InChI=1S/C18H22N4O3/c1-4-21-10-11-22(14-6-5-9-19-17(14)21)18(23)20-13-7-8-15(24-2)16(12-13)25-3/h5-9,12H,4,10-11H2,1-3H3,(H,20,23). The fraction of sp³-hybridized carbons (Fsp3) is 0.333. The summed E-state index contributed by atoms with van der Waals surface area (Å²) < 4.78 is 10.5. The number of rotatable bonds is 4. The molecule has 2 amide bonds. The van der Waals surface area contributed by atoms with E-state index in [1.165, 1.54) is 0 Å². The van der Waals surface area contributed by atoms with E-state index in [-0.39, 0.29) is 6.03 Å². The molecule has 0 aliphatic carbocycles. The number of nitrogens with one attached hydrogen (secondary N) is 1. The maximum Gasteiger partial charge on any atom is 0.326 e. The van der Waals surface area contributed by atoms with E-state index in [2.05, 4.69) is 22.1 Å². The minimum absolute atomic E-state index is 0.197. The lowest BCUT2D eigenvalue weighted by Gasteiger charge is -2.36. The van der Waals surface area contributed by atoms with Crippen molar-refractivity contribution in [1.82, 2.24) is 4.98 Å². The molecule has 132 valence electrons. The van der Waals surface area contributed by atoms with Gasteiger partial charge >= 0.3 is 6.03 Å². The lowest BCUT2D eigenvalue weighted by molar-refractivity contribution is 0.256. The molecule has 0 atom stereocenters. The van der Waals surface area contributed by atoms with Gasteiger partial charge < -0.3 is 19.7 Å². The highest BCUT2D eigenvalue weighted by molar-refractivity contribution is 6.04. The van der Waals surface area contributed by atoms with Gasteiger partial charge in [0, 0.05) is 37.6 Å². The van der Waals surface area contributed by atoms with Crippen molar-refractivity contribution in [2.45, 2.75) is 6.92 Å². The van der Waals surface area contributed by atoms with E-state index in [0.717, 1.165) is 24.6 Å². The molecule has 0 saturated heterocycles. The molecule has 0 unspecified atom stereocenters. The maximum atomic E-state index is 12.8. The van der Waals surface area contributed by atoms with Crippen molar-refractivity contribution >= 4 is 23.2 Å². The number of hydrogen-bond acceptors (Lipinski definition) is 5. The van der Waals surface area contributed by atoms with Crippen LogP contribution in [0.2, 0.25) is 0 Å². The summed E-state index contributed by atoms with van der Waals surface area (Å²) in [5, 5.41) is 2.92. The number of carbonyl (C=O) groups excluding carboxylic acids is 1. The van der Waals surface area contributed by atoms with E-state index < -0.39 is 0 Å². The predicted molar refractivity (Wildman–Crippen MR) is 98.0 cm³/mol. The molecule has 25 heavy (non-hydrogen) atoms. The average Bonchev–Trinajstić information content (AvgIpc) is 2.66. The summed E-state index contributed by atoms with van der Waals surface area (Å²) in [5.74, 6) is 2.02. The number of amides is 2. The first-order chi connectivity index (χ1) is 12.2. The number of urea groups is 1. The summed E-state index contributed by atoms with van der Waals surface area (Å²) in [5.41, 5.74) is 1.46. The number of hydrogen-bond donors (Lipinski definition) is 1. The highest BCUT2D eigenvalue weighted by atomic mass is 16.5. The third kappa shape index (κ3) is 3.31. The Kier molecular flexibility index (Phi) is 4.92. The summed E-state index contributed by atoms with van der Waals surface area (Å²) in [6, 6.07) is 8.85. The lowest BCUT2D eigenvalue weighted by atomic mass is 10.2. The van der Waals surface area contributed by atoms with Crippen LogP contribution in [0, 0.1) is 0 Å². The van der Waals surface area contributed by atoms with Gasteiger partial charge in [0.05, 0.1) is 19.9 Å². The number of likely N-dealkylation sites (N-methyl/N-ethyl adjacent to an activating group) is 1. The Hall–Kier alpha value is -2.96. The van der Waals surface area contributed by atoms with Gasteiger partial charge in [0.15, 0.2) is 17.3 Å². The summed E-state index contributed by atoms with van der Waals surface area (Å²) >= 11 is 0. The number of anilines is 3. The molecule has 1 N–H and O–H groups in total. The molecule has 1 aromatic carbocycles. The number of ether oxygens (including phenoxy) is 2. The molecule has 0 fully saturated rings. The summed E-state index contributed by atoms with van der Waals surface area (Å²) in [4.78, 5) is 21.1. The molecule has 3 rings (SSSR count). The second-order valence-electron chi connectivity index (χ2n) is 5.58. The Labute approximate surface area is 147 Å². The Morgan fingerprint density at radius 1 is 1.20 bits per heavy atom. The van der Waals surface area contributed by atoms with Gasteiger partial charge in [-0.15, -0.1) is 0 Å². The molecule has 0 bridgehead atoms. The first-order valence-electron chi connectivity index (χ1n) is 8.18. The molecule has 1 aliphatic heterocycles. The number of carbonyl (C=O) groups is 1. The molecule has 7 heteroatoms. The minimum atomic E-state index is -0.197. The topological polar surface area (TPSA) is 66.9 Å². The number of pyridine rings is 1. The predicted octanol–water partition coefficient (Wildman–Crippen LogP) is 2.98. The maximum absolute atomic E-state index is 12.8. The van der Waals surface area contributed by atoms with Crippen LogP contribution in [0.1, 0.15) is 6.92 Å². The van der Waals surface area contributed by atoms with Crippen molar-refractivity contribution in [3.05, 3.63) is 36.5 Å². The third-order valence-corrected chi connectivity index (χ3v) is 4.21. The molecule has 0 radical (unpaired) electrons. The lowest BCUT2D eigenvalue weighted by Crippen LogP contribution is -2.46. The summed E-state index contributed by atoms with van der Waals surface area (Å²) in [6.07, 6.45) is 1.75. The molecule has 2 heterocycles. The smallest absolute Gasteiger partial charge is 0.326 e. The molecule has 1 aromatic heterocycles. The number of aromatic nitrogens is 1. The van der Waals surface area contributed by atoms with Gasteiger partial charge in [0.1, 0.15) is 0 Å². The Morgan fingerprint density at radius 3 is 2.72 bits per heavy atom. The summed E-state index contributed by atoms with van der Waals surface area (Å²) in [7, 11) is 3.14. The number of nitrogens with zero attached hydrogens (tertiary/aromatic N) is 3. The van der Waals surface area contributed by atoms with E-state index in [1.807, 2.05) is 12.1 Å². The van der Waals surface area contributed by atoms with Crippen molar-refractivity contribution in [1.29, 1.82) is 0 Å². The van der Waals surface area contributed by atoms with Gasteiger partial charge in [0.25, 0.3) is 0 Å². The molecule has 0 saturated carbocycles. The van der Waals surface area contributed by atoms with Crippen LogP contribution in [0.25, 0.3) is 0 Å². The molecular formula is C18H22N4O3. The van der Waals surface area contributed by atoms with Crippen molar-refractivity contribution in [3.63, 3.8) is 0 Å². The van der Waals surface area contributed by atoms with Gasteiger partial charge in [-0.25, -0.2) is 9.78 Å². The van der Waals surface area contributed by atoms with Gasteiger partial charge in [-0.05, 0) is 31.2 Å². The van der Waals surface area contributed by atoms with E-state index >= 15 is 0 Å². The minimum Gasteiger partial charge on any atom is -0.493 e. The molecule has 2 aromatic rings. The fourth-order valence-electron chi connectivity index (χ4n) is 2.91. The fourth-order valence-corrected chi connectivity index (χ4v) is 2.91. The van der Waals surface area contributed by atoms with Crippen LogP contribution in [0.4, 0.5) is 22.0 Å². The Balaban J connectivity index is 1.82. The third-order valence-electron chi connectivity index (χ3n) is 4.21. The molecular weight excluding hydrogens is 320 g/mol. The van der Waals surface area contributed by atoms with Crippen LogP contribution in [0.15, 0.2) is 36.5 Å². The van der Waals surface area contributed by atoms with E-state index in [0.29, 0.717) is 23.7 Å². The molecule has 7 nitrogen and oxygen atoms in total. The van der Waals surface area contributed by atoms with Crippen LogP contribution >= 0.6 is 0 Å². The highest BCUT2D eigenvalue weighted by Crippen LogP contribution is 2.32. The van der Waals surface area contributed by atoms with Crippen LogP contribution in [0.3, 0.4) is 0 Å². The number of benzene rings is 1. The van der Waals surface area contributed by atoms with E-state index in [9.17, 15) is 4.79 Å². The average molecular weight is 342 g/mol. The Bertz CT molecular complexity index is 766. The van der Waals surface area contributed by atoms with E-state index in [4.69, 9.17) is 9.47 Å².